The number of hydrogen-bond acceptors (Lipinski definition) is 4. The van der Waals surface area contributed by atoms with Crippen LogP contribution in [0.1, 0.15) is 22.8 Å². The van der Waals surface area contributed by atoms with Gasteiger partial charge in [-0.3, -0.25) is 4.79 Å². The minimum absolute atomic E-state index is 0.0810. The Kier molecular flexibility index (Phi) is 6.33. The number of anilines is 1. The van der Waals surface area contributed by atoms with E-state index in [0.717, 1.165) is 0 Å². The van der Waals surface area contributed by atoms with E-state index in [1.807, 2.05) is 6.07 Å². The summed E-state index contributed by atoms with van der Waals surface area (Å²) in [5, 5.41) is 12.3. The average Bonchev–Trinajstić information content (AvgIpc) is 2.61. The summed E-state index contributed by atoms with van der Waals surface area (Å²) < 4.78 is 4.89. The lowest BCUT2D eigenvalue weighted by molar-refractivity contribution is -0.112. The van der Waals surface area contributed by atoms with Crippen LogP contribution in [0, 0.1) is 11.3 Å². The number of esters is 1. The average molecular weight is 355 g/mol. The number of halogens is 1. The fraction of sp³-hybridized carbons (Fsp3) is 0.105. The molecule has 2 aromatic carbocycles. The molecule has 0 atom stereocenters. The molecule has 0 aliphatic heterocycles. The lowest BCUT2D eigenvalue weighted by Gasteiger charge is -2.06. The largest absolute Gasteiger partial charge is 0.462 e. The molecule has 126 valence electrons. The van der Waals surface area contributed by atoms with Gasteiger partial charge in [0, 0.05) is 10.7 Å². The molecule has 0 bridgehead atoms. The minimum atomic E-state index is -0.564. The van der Waals surface area contributed by atoms with Gasteiger partial charge in [-0.05, 0) is 48.9 Å². The highest BCUT2D eigenvalue weighted by Gasteiger charge is 2.11. The maximum atomic E-state index is 12.2. The number of carbonyl (C=O) groups is 2. The molecular formula is C19H15ClN2O3. The van der Waals surface area contributed by atoms with Crippen LogP contribution in [0.2, 0.25) is 5.02 Å². The van der Waals surface area contributed by atoms with Gasteiger partial charge in [0.1, 0.15) is 11.6 Å². The van der Waals surface area contributed by atoms with Crippen LogP contribution >= 0.6 is 11.6 Å². The topological polar surface area (TPSA) is 79.2 Å². The normalized spacial score (nSPS) is 10.7. The molecule has 6 heteroatoms. The molecule has 0 fully saturated rings. The van der Waals surface area contributed by atoms with E-state index < -0.39 is 11.9 Å². The van der Waals surface area contributed by atoms with E-state index in [9.17, 15) is 14.9 Å². The number of amides is 1. The number of ether oxygens (including phenoxy) is 1. The number of benzene rings is 2. The SMILES string of the molecule is CCOC(=O)c1ccc(NC(=O)C(C#N)=Cc2ccccc2Cl)cc1. The van der Waals surface area contributed by atoms with Gasteiger partial charge in [-0.25, -0.2) is 4.79 Å². The first-order chi connectivity index (χ1) is 12.0. The van der Waals surface area contributed by atoms with Gasteiger partial charge in [0.05, 0.1) is 12.2 Å². The second kappa shape index (κ2) is 8.67. The Hall–Kier alpha value is -3.10. The highest BCUT2D eigenvalue weighted by atomic mass is 35.5. The van der Waals surface area contributed by atoms with Crippen molar-refractivity contribution in [2.45, 2.75) is 6.92 Å². The number of rotatable bonds is 5. The quantitative estimate of drug-likeness (QED) is 0.499. The third kappa shape index (κ3) is 4.93. The Morgan fingerprint density at radius 1 is 1.20 bits per heavy atom. The molecule has 2 rings (SSSR count). The van der Waals surface area contributed by atoms with Gasteiger partial charge >= 0.3 is 5.97 Å². The van der Waals surface area contributed by atoms with Crippen molar-refractivity contribution in [1.82, 2.24) is 0 Å². The second-order valence-corrected chi connectivity index (χ2v) is 5.35. The number of nitrogens with zero attached hydrogens (tertiary/aromatic N) is 1. The first kappa shape index (κ1) is 18.2. The van der Waals surface area contributed by atoms with Crippen molar-refractivity contribution in [2.75, 3.05) is 11.9 Å². The van der Waals surface area contributed by atoms with Crippen molar-refractivity contribution in [2.24, 2.45) is 0 Å². The van der Waals surface area contributed by atoms with Crippen LogP contribution in [0.5, 0.6) is 0 Å². The maximum absolute atomic E-state index is 12.2. The molecular weight excluding hydrogens is 340 g/mol. The van der Waals surface area contributed by atoms with Crippen LogP contribution in [-0.2, 0) is 9.53 Å². The van der Waals surface area contributed by atoms with Gasteiger partial charge in [0.2, 0.25) is 0 Å². The molecule has 25 heavy (non-hydrogen) atoms. The third-order valence-electron chi connectivity index (χ3n) is 3.22. The van der Waals surface area contributed by atoms with Crippen molar-refractivity contribution in [3.05, 3.63) is 70.3 Å². The second-order valence-electron chi connectivity index (χ2n) is 4.94. The predicted octanol–water partition coefficient (Wildman–Crippen LogP) is 4.06. The fourth-order valence-corrected chi connectivity index (χ4v) is 2.19. The maximum Gasteiger partial charge on any atom is 0.338 e. The summed E-state index contributed by atoms with van der Waals surface area (Å²) in [6.45, 7) is 2.01. The molecule has 0 aromatic heterocycles. The van der Waals surface area contributed by atoms with Crippen LogP contribution < -0.4 is 5.32 Å². The zero-order valence-electron chi connectivity index (χ0n) is 13.5. The van der Waals surface area contributed by atoms with Crippen molar-refractivity contribution in [1.29, 1.82) is 5.26 Å². The van der Waals surface area contributed by atoms with Crippen LogP contribution in [0.3, 0.4) is 0 Å². The molecule has 0 spiro atoms. The standard InChI is InChI=1S/C19H15ClN2O3/c1-2-25-19(24)13-7-9-16(10-8-13)22-18(23)15(12-21)11-14-5-3-4-6-17(14)20/h3-11H,2H2,1H3,(H,22,23). The Labute approximate surface area is 150 Å². The van der Waals surface area contributed by atoms with E-state index in [1.165, 1.54) is 18.2 Å². The Bertz CT molecular complexity index is 852. The molecule has 1 N–H and O–H groups in total. The van der Waals surface area contributed by atoms with Gasteiger partial charge in [-0.1, -0.05) is 29.8 Å². The molecule has 0 unspecified atom stereocenters. The molecule has 0 aliphatic carbocycles. The van der Waals surface area contributed by atoms with Gasteiger partial charge in [0.25, 0.3) is 5.91 Å². The number of carbonyl (C=O) groups excluding carboxylic acids is 2. The summed E-state index contributed by atoms with van der Waals surface area (Å²) in [6, 6.07) is 15.0. The zero-order valence-corrected chi connectivity index (χ0v) is 14.2. The molecule has 2 aromatic rings. The predicted molar refractivity (Wildman–Crippen MR) is 96.1 cm³/mol. The molecule has 0 heterocycles. The van der Waals surface area contributed by atoms with Crippen molar-refractivity contribution in [3.63, 3.8) is 0 Å². The number of hydrogen-bond donors (Lipinski definition) is 1. The Balaban J connectivity index is 2.14. The van der Waals surface area contributed by atoms with Crippen LogP contribution in [0.4, 0.5) is 5.69 Å². The van der Waals surface area contributed by atoms with Crippen molar-refractivity contribution >= 4 is 35.2 Å². The fourth-order valence-electron chi connectivity index (χ4n) is 2.00. The third-order valence-corrected chi connectivity index (χ3v) is 3.57. The van der Waals surface area contributed by atoms with E-state index in [4.69, 9.17) is 16.3 Å². The van der Waals surface area contributed by atoms with Crippen LogP contribution in [-0.4, -0.2) is 18.5 Å². The summed E-state index contributed by atoms with van der Waals surface area (Å²) in [5.41, 5.74) is 1.33. The summed E-state index contributed by atoms with van der Waals surface area (Å²) in [4.78, 5) is 23.8. The first-order valence-electron chi connectivity index (χ1n) is 7.50. The van der Waals surface area contributed by atoms with Crippen molar-refractivity contribution < 1.29 is 14.3 Å². The van der Waals surface area contributed by atoms with E-state index in [0.29, 0.717) is 21.8 Å². The lowest BCUT2D eigenvalue weighted by Crippen LogP contribution is -2.13. The van der Waals surface area contributed by atoms with Crippen LogP contribution in [0.15, 0.2) is 54.1 Å². The monoisotopic (exact) mass is 354 g/mol. The lowest BCUT2D eigenvalue weighted by atomic mass is 10.1. The van der Waals surface area contributed by atoms with E-state index in [2.05, 4.69) is 5.32 Å². The van der Waals surface area contributed by atoms with Gasteiger partial charge < -0.3 is 10.1 Å². The van der Waals surface area contributed by atoms with Gasteiger partial charge in [0.15, 0.2) is 0 Å². The summed E-state index contributed by atoms with van der Waals surface area (Å²) >= 11 is 6.03. The minimum Gasteiger partial charge on any atom is -0.462 e. The van der Waals surface area contributed by atoms with E-state index in [-0.39, 0.29) is 12.2 Å². The molecule has 5 nitrogen and oxygen atoms in total. The Morgan fingerprint density at radius 3 is 2.48 bits per heavy atom. The van der Waals surface area contributed by atoms with Gasteiger partial charge in [-0.15, -0.1) is 0 Å². The first-order valence-corrected chi connectivity index (χ1v) is 7.87. The summed E-state index contributed by atoms with van der Waals surface area (Å²) in [6.07, 6.45) is 1.42. The van der Waals surface area contributed by atoms with E-state index >= 15 is 0 Å². The highest BCUT2D eigenvalue weighted by Crippen LogP contribution is 2.19. The molecule has 0 aliphatic rings. The summed E-state index contributed by atoms with van der Waals surface area (Å²) in [7, 11) is 0. The molecule has 0 saturated carbocycles. The zero-order chi connectivity index (χ0) is 18.2. The van der Waals surface area contributed by atoms with Crippen molar-refractivity contribution in [3.8, 4) is 6.07 Å². The van der Waals surface area contributed by atoms with E-state index in [1.54, 1.807) is 43.3 Å². The Morgan fingerprint density at radius 2 is 1.88 bits per heavy atom. The van der Waals surface area contributed by atoms with Gasteiger partial charge in [-0.2, -0.15) is 5.26 Å². The molecule has 0 saturated heterocycles. The number of nitrogens with one attached hydrogen (secondary N) is 1. The smallest absolute Gasteiger partial charge is 0.338 e. The number of nitriles is 1. The summed E-state index contributed by atoms with van der Waals surface area (Å²) in [5.74, 6) is -0.997. The molecule has 1 amide bonds. The van der Waals surface area contributed by atoms with Crippen LogP contribution in [0.25, 0.3) is 6.08 Å². The highest BCUT2D eigenvalue weighted by molar-refractivity contribution is 6.32. The molecule has 0 radical (unpaired) electrons.